The normalized spacial score (nSPS) is 19.8. The van der Waals surface area contributed by atoms with E-state index in [1.165, 1.54) is 27.5 Å². The molecule has 8 heteroatoms. The predicted molar refractivity (Wildman–Crippen MR) is 108 cm³/mol. The number of pyridine rings is 1. The number of likely N-dealkylation sites (N-methyl/N-ethyl adjacent to an activating group) is 1. The Kier molecular flexibility index (Phi) is 4.54. The van der Waals surface area contributed by atoms with E-state index in [1.807, 2.05) is 12.1 Å². The quantitative estimate of drug-likeness (QED) is 0.584. The van der Waals surface area contributed by atoms with Crippen molar-refractivity contribution in [1.82, 2.24) is 14.3 Å². The molecule has 0 saturated carbocycles. The summed E-state index contributed by atoms with van der Waals surface area (Å²) >= 11 is 6.42. The third-order valence-corrected chi connectivity index (χ3v) is 6.15. The average molecular weight is 387 g/mol. The number of anilines is 1. The van der Waals surface area contributed by atoms with Crippen LogP contribution in [0.4, 0.5) is 5.82 Å². The molecule has 4 rings (SSSR count). The van der Waals surface area contributed by atoms with Crippen molar-refractivity contribution in [3.8, 4) is 0 Å². The van der Waals surface area contributed by atoms with Gasteiger partial charge in [0.05, 0.1) is 10.5 Å². The molecular weight excluding hydrogens is 368 g/mol. The fraction of sp³-hybridized carbons (Fsp3) is 0.333. The summed E-state index contributed by atoms with van der Waals surface area (Å²) in [7, 11) is 1.65. The van der Waals surface area contributed by atoms with E-state index in [4.69, 9.17) is 17.2 Å². The topological polar surface area (TPSA) is 57.9 Å². The van der Waals surface area contributed by atoms with Gasteiger partial charge in [0.15, 0.2) is 0 Å². The zero-order valence-corrected chi connectivity index (χ0v) is 16.0. The van der Waals surface area contributed by atoms with E-state index in [1.54, 1.807) is 25.4 Å². The van der Waals surface area contributed by atoms with E-state index >= 15 is 0 Å². The molecule has 26 heavy (non-hydrogen) atoms. The monoisotopic (exact) mass is 386 g/mol. The Balaban J connectivity index is 1.91. The minimum atomic E-state index is -0.179. The number of thioether (sulfide) groups is 1. The maximum Gasteiger partial charge on any atom is 0.267 e. The molecule has 0 unspecified atom stereocenters. The SMILES string of the molecule is CN1C(=O)C(=Cc2c(N3CCCCC3)nc3ccccn3c2=O)SC1=S. The molecule has 0 N–H and O–H groups in total. The highest BCUT2D eigenvalue weighted by Crippen LogP contribution is 2.32. The van der Waals surface area contributed by atoms with Crippen molar-refractivity contribution in [3.05, 3.63) is 45.2 Å². The standard InChI is InChI=1S/C18H18N4O2S2/c1-20-17(24)13(26-18(20)25)11-12-15(21-8-4-2-5-9-21)19-14-7-3-6-10-22(14)16(12)23/h3,6-7,10-11H,2,4-5,8-9H2,1H3. The van der Waals surface area contributed by atoms with Gasteiger partial charge in [0.25, 0.3) is 11.5 Å². The number of fused-ring (bicyclic) bond motifs is 1. The molecule has 0 aromatic carbocycles. The first-order chi connectivity index (χ1) is 12.6. The van der Waals surface area contributed by atoms with Gasteiger partial charge in [-0.25, -0.2) is 4.98 Å². The highest BCUT2D eigenvalue weighted by molar-refractivity contribution is 8.26. The summed E-state index contributed by atoms with van der Waals surface area (Å²) in [6, 6.07) is 5.49. The summed E-state index contributed by atoms with van der Waals surface area (Å²) in [6.45, 7) is 1.73. The first-order valence-electron chi connectivity index (χ1n) is 8.54. The van der Waals surface area contributed by atoms with Gasteiger partial charge in [-0.15, -0.1) is 0 Å². The predicted octanol–water partition coefficient (Wildman–Crippen LogP) is 2.52. The van der Waals surface area contributed by atoms with Crippen LogP contribution in [0.15, 0.2) is 34.1 Å². The second-order valence-corrected chi connectivity index (χ2v) is 8.05. The molecule has 2 aliphatic rings. The Bertz CT molecular complexity index is 992. The van der Waals surface area contributed by atoms with Crippen molar-refractivity contribution in [2.45, 2.75) is 19.3 Å². The Morgan fingerprint density at radius 2 is 1.96 bits per heavy atom. The molecule has 2 aromatic heterocycles. The summed E-state index contributed by atoms with van der Waals surface area (Å²) in [5.41, 5.74) is 0.889. The van der Waals surface area contributed by atoms with Crippen molar-refractivity contribution in [1.29, 1.82) is 0 Å². The van der Waals surface area contributed by atoms with Crippen LogP contribution in [0.3, 0.4) is 0 Å². The lowest BCUT2D eigenvalue weighted by atomic mass is 10.1. The van der Waals surface area contributed by atoms with Crippen LogP contribution in [0.25, 0.3) is 11.7 Å². The fourth-order valence-corrected chi connectivity index (χ4v) is 4.40. The third kappa shape index (κ3) is 2.93. The summed E-state index contributed by atoms with van der Waals surface area (Å²) in [4.78, 5) is 34.3. The van der Waals surface area contributed by atoms with E-state index in [0.717, 1.165) is 25.9 Å². The molecule has 0 aliphatic carbocycles. The number of hydrogen-bond donors (Lipinski definition) is 0. The largest absolute Gasteiger partial charge is 0.356 e. The van der Waals surface area contributed by atoms with Crippen molar-refractivity contribution in [2.24, 2.45) is 0 Å². The van der Waals surface area contributed by atoms with Crippen molar-refractivity contribution >= 4 is 51.7 Å². The highest BCUT2D eigenvalue weighted by atomic mass is 32.2. The van der Waals surface area contributed by atoms with Crippen LogP contribution in [0, 0.1) is 0 Å². The van der Waals surface area contributed by atoms with Crippen molar-refractivity contribution in [3.63, 3.8) is 0 Å². The second-order valence-electron chi connectivity index (χ2n) is 6.37. The Labute approximate surface area is 160 Å². The van der Waals surface area contributed by atoms with Gasteiger partial charge in [-0.1, -0.05) is 30.0 Å². The van der Waals surface area contributed by atoms with Crippen molar-refractivity contribution < 1.29 is 4.79 Å². The number of amides is 1. The first-order valence-corrected chi connectivity index (χ1v) is 9.76. The number of thiocarbonyl (C=S) groups is 1. The molecule has 1 amide bonds. The molecule has 134 valence electrons. The molecule has 0 radical (unpaired) electrons. The minimum absolute atomic E-state index is 0.169. The Morgan fingerprint density at radius 1 is 1.19 bits per heavy atom. The summed E-state index contributed by atoms with van der Waals surface area (Å²) < 4.78 is 2.01. The summed E-state index contributed by atoms with van der Waals surface area (Å²) in [5, 5.41) is 0. The molecule has 6 nitrogen and oxygen atoms in total. The smallest absolute Gasteiger partial charge is 0.267 e. The van der Waals surface area contributed by atoms with Gasteiger partial charge in [0.1, 0.15) is 15.8 Å². The maximum atomic E-state index is 13.1. The van der Waals surface area contributed by atoms with E-state index in [9.17, 15) is 9.59 Å². The van der Waals surface area contributed by atoms with Gasteiger partial charge < -0.3 is 4.90 Å². The van der Waals surface area contributed by atoms with Crippen molar-refractivity contribution in [2.75, 3.05) is 25.0 Å². The van der Waals surface area contributed by atoms with Gasteiger partial charge in [0, 0.05) is 26.3 Å². The van der Waals surface area contributed by atoms with Crippen LogP contribution >= 0.6 is 24.0 Å². The number of rotatable bonds is 2. The van der Waals surface area contributed by atoms with Crippen LogP contribution in [-0.2, 0) is 4.79 Å². The summed E-state index contributed by atoms with van der Waals surface area (Å²) in [6.07, 6.45) is 6.69. The lowest BCUT2D eigenvalue weighted by molar-refractivity contribution is -0.121. The lowest BCUT2D eigenvalue weighted by Gasteiger charge is -2.29. The molecule has 4 heterocycles. The van der Waals surface area contributed by atoms with Crippen LogP contribution < -0.4 is 10.5 Å². The summed E-state index contributed by atoms with van der Waals surface area (Å²) in [5.74, 6) is 0.476. The zero-order valence-electron chi connectivity index (χ0n) is 14.3. The first kappa shape index (κ1) is 17.2. The molecule has 2 fully saturated rings. The Morgan fingerprint density at radius 3 is 2.65 bits per heavy atom. The van der Waals surface area contributed by atoms with Gasteiger partial charge in [0.2, 0.25) is 0 Å². The van der Waals surface area contributed by atoms with Crippen LogP contribution in [0.1, 0.15) is 24.8 Å². The zero-order chi connectivity index (χ0) is 18.3. The van der Waals surface area contributed by atoms with E-state index in [2.05, 4.69) is 4.90 Å². The molecule has 0 spiro atoms. The van der Waals surface area contributed by atoms with Crippen LogP contribution in [0.5, 0.6) is 0 Å². The van der Waals surface area contributed by atoms with E-state index in [-0.39, 0.29) is 11.5 Å². The van der Waals surface area contributed by atoms with Crippen LogP contribution in [-0.4, -0.2) is 44.6 Å². The molecule has 2 aromatic rings. The highest BCUT2D eigenvalue weighted by Gasteiger charge is 2.30. The average Bonchev–Trinajstić information content (AvgIpc) is 2.91. The number of carbonyl (C=O) groups excluding carboxylic acids is 1. The molecule has 0 bridgehead atoms. The number of hydrogen-bond acceptors (Lipinski definition) is 6. The Hall–Kier alpha value is -2.19. The van der Waals surface area contributed by atoms with E-state index in [0.29, 0.717) is 26.3 Å². The maximum absolute atomic E-state index is 13.1. The molecule has 2 aliphatic heterocycles. The minimum Gasteiger partial charge on any atom is -0.356 e. The van der Waals surface area contributed by atoms with Gasteiger partial charge in [-0.3, -0.25) is 18.9 Å². The second kappa shape index (κ2) is 6.85. The van der Waals surface area contributed by atoms with Gasteiger partial charge in [-0.05, 0) is 37.5 Å². The molecule has 0 atom stereocenters. The number of aromatic nitrogens is 2. The van der Waals surface area contributed by atoms with Crippen LogP contribution in [0.2, 0.25) is 0 Å². The van der Waals surface area contributed by atoms with Gasteiger partial charge in [-0.2, -0.15) is 0 Å². The van der Waals surface area contributed by atoms with E-state index < -0.39 is 0 Å². The fourth-order valence-electron chi connectivity index (χ4n) is 3.24. The lowest BCUT2D eigenvalue weighted by Crippen LogP contribution is -2.33. The molecule has 2 saturated heterocycles. The number of nitrogens with zero attached hydrogens (tertiary/aromatic N) is 4. The third-order valence-electron chi connectivity index (χ3n) is 4.67. The number of carbonyl (C=O) groups is 1. The van der Waals surface area contributed by atoms with Gasteiger partial charge >= 0.3 is 0 Å². The number of piperidine rings is 1. The molecular formula is C18H18N4O2S2.